The summed E-state index contributed by atoms with van der Waals surface area (Å²) in [7, 11) is 0. The average molecular weight is 289 g/mol. The summed E-state index contributed by atoms with van der Waals surface area (Å²) in [5.41, 5.74) is 2.45. The third kappa shape index (κ3) is 2.18. The summed E-state index contributed by atoms with van der Waals surface area (Å²) in [6, 6.07) is 27.5. The summed E-state index contributed by atoms with van der Waals surface area (Å²) in [6.45, 7) is 0. The molecule has 100 valence electrons. The number of rotatable bonds is 1. The van der Waals surface area contributed by atoms with E-state index in [0.29, 0.717) is 0 Å². The van der Waals surface area contributed by atoms with E-state index in [-0.39, 0.29) is 0 Å². The highest BCUT2D eigenvalue weighted by molar-refractivity contribution is 6.31. The Morgan fingerprint density at radius 2 is 1.33 bits per heavy atom. The Bertz CT molecular complexity index is 954. The highest BCUT2D eigenvalue weighted by Crippen LogP contribution is 2.32. The predicted molar refractivity (Wildman–Crippen MR) is 91.9 cm³/mol. The maximum absolute atomic E-state index is 6.17. The molecule has 0 saturated heterocycles. The standard InChI is InChI=1S/C20H13Cl/c21-18-11-10-15-6-3-7-19(20(15)13-18)17-9-8-14-4-1-2-5-16(14)12-17/h1-13H. The molecule has 0 fully saturated rings. The molecule has 0 bridgehead atoms. The minimum atomic E-state index is 0.774. The highest BCUT2D eigenvalue weighted by atomic mass is 35.5. The predicted octanol–water partition coefficient (Wildman–Crippen LogP) is 6.31. The molecule has 4 aromatic carbocycles. The maximum atomic E-state index is 6.17. The molecule has 21 heavy (non-hydrogen) atoms. The summed E-state index contributed by atoms with van der Waals surface area (Å²) in [5.74, 6) is 0. The summed E-state index contributed by atoms with van der Waals surface area (Å²) >= 11 is 6.17. The molecule has 4 rings (SSSR count). The van der Waals surface area contributed by atoms with Crippen LogP contribution in [0.5, 0.6) is 0 Å². The van der Waals surface area contributed by atoms with Gasteiger partial charge in [-0.15, -0.1) is 0 Å². The van der Waals surface area contributed by atoms with Gasteiger partial charge in [0.05, 0.1) is 0 Å². The molecule has 0 N–H and O–H groups in total. The minimum absolute atomic E-state index is 0.774. The Balaban J connectivity index is 2.01. The Morgan fingerprint density at radius 3 is 2.24 bits per heavy atom. The first-order chi connectivity index (χ1) is 10.3. The zero-order valence-electron chi connectivity index (χ0n) is 11.4. The summed E-state index contributed by atoms with van der Waals surface area (Å²) in [4.78, 5) is 0. The van der Waals surface area contributed by atoms with E-state index in [1.54, 1.807) is 0 Å². The minimum Gasteiger partial charge on any atom is -0.0843 e. The fourth-order valence-electron chi connectivity index (χ4n) is 2.85. The molecule has 4 aromatic rings. The third-order valence-electron chi connectivity index (χ3n) is 3.90. The van der Waals surface area contributed by atoms with E-state index < -0.39 is 0 Å². The zero-order valence-corrected chi connectivity index (χ0v) is 12.1. The second kappa shape index (κ2) is 4.91. The Labute approximate surface area is 128 Å². The van der Waals surface area contributed by atoms with Crippen LogP contribution in [0.25, 0.3) is 32.7 Å². The lowest BCUT2D eigenvalue weighted by Crippen LogP contribution is -1.82. The number of fused-ring (bicyclic) bond motifs is 2. The van der Waals surface area contributed by atoms with Gasteiger partial charge in [-0.2, -0.15) is 0 Å². The lowest BCUT2D eigenvalue weighted by atomic mass is 9.96. The van der Waals surface area contributed by atoms with Crippen molar-refractivity contribution >= 4 is 33.1 Å². The molecule has 0 atom stereocenters. The van der Waals surface area contributed by atoms with Crippen LogP contribution < -0.4 is 0 Å². The number of halogens is 1. The van der Waals surface area contributed by atoms with Crippen molar-refractivity contribution in [3.8, 4) is 11.1 Å². The molecule has 0 aliphatic heterocycles. The van der Waals surface area contributed by atoms with Crippen molar-refractivity contribution < 1.29 is 0 Å². The van der Waals surface area contributed by atoms with Crippen LogP contribution in [0.3, 0.4) is 0 Å². The van der Waals surface area contributed by atoms with Gasteiger partial charge in [0.1, 0.15) is 0 Å². The smallest absolute Gasteiger partial charge is 0.0412 e. The van der Waals surface area contributed by atoms with Crippen LogP contribution in [0.2, 0.25) is 5.02 Å². The van der Waals surface area contributed by atoms with Crippen LogP contribution >= 0.6 is 11.6 Å². The van der Waals surface area contributed by atoms with Crippen molar-refractivity contribution in [1.29, 1.82) is 0 Å². The van der Waals surface area contributed by atoms with Gasteiger partial charge in [0.25, 0.3) is 0 Å². The Kier molecular flexibility index (Phi) is 2.90. The Morgan fingerprint density at radius 1 is 0.571 bits per heavy atom. The van der Waals surface area contributed by atoms with Crippen molar-refractivity contribution in [1.82, 2.24) is 0 Å². The summed E-state index contributed by atoms with van der Waals surface area (Å²) in [5, 5.41) is 5.70. The largest absolute Gasteiger partial charge is 0.0843 e. The van der Waals surface area contributed by atoms with Crippen molar-refractivity contribution in [3.63, 3.8) is 0 Å². The molecule has 0 spiro atoms. The van der Waals surface area contributed by atoms with Crippen LogP contribution in [0, 0.1) is 0 Å². The van der Waals surface area contributed by atoms with Crippen LogP contribution in [-0.2, 0) is 0 Å². The second-order valence-electron chi connectivity index (χ2n) is 5.23. The quantitative estimate of drug-likeness (QED) is 0.385. The first kappa shape index (κ1) is 12.4. The van der Waals surface area contributed by atoms with Gasteiger partial charge >= 0.3 is 0 Å². The van der Waals surface area contributed by atoms with Crippen LogP contribution in [0.15, 0.2) is 78.9 Å². The van der Waals surface area contributed by atoms with E-state index in [1.165, 1.54) is 32.7 Å². The molecule has 0 nitrogen and oxygen atoms in total. The molecular weight excluding hydrogens is 276 g/mol. The van der Waals surface area contributed by atoms with Gasteiger partial charge in [0.15, 0.2) is 0 Å². The van der Waals surface area contributed by atoms with Crippen molar-refractivity contribution in [2.24, 2.45) is 0 Å². The van der Waals surface area contributed by atoms with Gasteiger partial charge < -0.3 is 0 Å². The number of hydrogen-bond acceptors (Lipinski definition) is 0. The van der Waals surface area contributed by atoms with Gasteiger partial charge in [-0.3, -0.25) is 0 Å². The maximum Gasteiger partial charge on any atom is 0.0412 e. The molecule has 0 unspecified atom stereocenters. The van der Waals surface area contributed by atoms with Crippen LogP contribution in [0.1, 0.15) is 0 Å². The van der Waals surface area contributed by atoms with Crippen LogP contribution in [0.4, 0.5) is 0 Å². The van der Waals surface area contributed by atoms with Crippen molar-refractivity contribution in [2.75, 3.05) is 0 Å². The highest BCUT2D eigenvalue weighted by Gasteiger charge is 2.05. The number of benzene rings is 4. The van der Waals surface area contributed by atoms with E-state index in [0.717, 1.165) is 5.02 Å². The van der Waals surface area contributed by atoms with Gasteiger partial charge in [-0.05, 0) is 50.9 Å². The van der Waals surface area contributed by atoms with Gasteiger partial charge in [-0.25, -0.2) is 0 Å². The first-order valence-electron chi connectivity index (χ1n) is 6.99. The van der Waals surface area contributed by atoms with Crippen LogP contribution in [-0.4, -0.2) is 0 Å². The lowest BCUT2D eigenvalue weighted by molar-refractivity contribution is 1.68. The normalized spacial score (nSPS) is 11.1. The van der Waals surface area contributed by atoms with Gasteiger partial charge in [0, 0.05) is 5.02 Å². The number of hydrogen-bond donors (Lipinski definition) is 0. The van der Waals surface area contributed by atoms with E-state index in [9.17, 15) is 0 Å². The molecule has 0 aliphatic carbocycles. The summed E-state index contributed by atoms with van der Waals surface area (Å²) in [6.07, 6.45) is 0. The van der Waals surface area contributed by atoms with Crippen molar-refractivity contribution in [2.45, 2.75) is 0 Å². The molecule has 0 heterocycles. The first-order valence-corrected chi connectivity index (χ1v) is 7.36. The van der Waals surface area contributed by atoms with Gasteiger partial charge in [0.2, 0.25) is 0 Å². The molecule has 0 amide bonds. The van der Waals surface area contributed by atoms with E-state index in [1.807, 2.05) is 12.1 Å². The van der Waals surface area contributed by atoms with Gasteiger partial charge in [-0.1, -0.05) is 72.3 Å². The molecular formula is C20H13Cl. The fourth-order valence-corrected chi connectivity index (χ4v) is 3.03. The average Bonchev–Trinajstić information content (AvgIpc) is 2.54. The van der Waals surface area contributed by atoms with E-state index in [2.05, 4.69) is 66.7 Å². The monoisotopic (exact) mass is 288 g/mol. The molecule has 0 radical (unpaired) electrons. The molecule has 0 aliphatic rings. The molecule has 0 saturated carbocycles. The van der Waals surface area contributed by atoms with Crippen molar-refractivity contribution in [3.05, 3.63) is 83.9 Å². The topological polar surface area (TPSA) is 0 Å². The summed E-state index contributed by atoms with van der Waals surface area (Å²) < 4.78 is 0. The fraction of sp³-hybridized carbons (Fsp3) is 0. The molecule has 0 aromatic heterocycles. The Hall–Kier alpha value is -2.31. The van der Waals surface area contributed by atoms with E-state index in [4.69, 9.17) is 11.6 Å². The second-order valence-corrected chi connectivity index (χ2v) is 5.67. The SMILES string of the molecule is Clc1ccc2cccc(-c3ccc4ccccc4c3)c2c1. The van der Waals surface area contributed by atoms with E-state index >= 15 is 0 Å². The third-order valence-corrected chi connectivity index (χ3v) is 4.14. The zero-order chi connectivity index (χ0) is 14.2. The lowest BCUT2D eigenvalue weighted by Gasteiger charge is -2.08. The molecule has 1 heteroatoms.